The number of hydrogen-bond donors (Lipinski definition) is 3. The topological polar surface area (TPSA) is 95.5 Å². The molecule has 106 valence electrons. The summed E-state index contributed by atoms with van der Waals surface area (Å²) in [5, 5.41) is 14.6. The van der Waals surface area contributed by atoms with Gasteiger partial charge in [0.2, 0.25) is 5.91 Å². The van der Waals surface area contributed by atoms with E-state index < -0.39 is 5.97 Å². The lowest BCUT2D eigenvalue weighted by molar-refractivity contribution is -0.115. The average Bonchev–Trinajstić information content (AvgIpc) is 3.02. The molecule has 0 saturated carbocycles. The molecular weight excluding hydrogens is 292 g/mol. The summed E-state index contributed by atoms with van der Waals surface area (Å²) in [6.45, 7) is 0. The van der Waals surface area contributed by atoms with Crippen LogP contribution in [0.15, 0.2) is 30.3 Å². The fraction of sp³-hybridized carbons (Fsp3) is 0.0714. The standard InChI is InChI=1S/C14H10N2O4S/c17-11-6-7-1-2-8(5-9(7)15-11)13(18)16-12-4-3-10(21-12)14(19)20/h1-5H,6H2,(H,15,17)(H,16,18)(H,19,20). The van der Waals surface area contributed by atoms with Crippen molar-refractivity contribution in [2.45, 2.75) is 6.42 Å². The van der Waals surface area contributed by atoms with Crippen LogP contribution >= 0.6 is 11.3 Å². The van der Waals surface area contributed by atoms with Gasteiger partial charge in [-0.15, -0.1) is 11.3 Å². The molecule has 0 saturated heterocycles. The van der Waals surface area contributed by atoms with Gasteiger partial charge in [-0.05, 0) is 29.8 Å². The van der Waals surface area contributed by atoms with Crippen LogP contribution in [0.25, 0.3) is 0 Å². The molecule has 0 aliphatic carbocycles. The van der Waals surface area contributed by atoms with Crippen LogP contribution in [0, 0.1) is 0 Å². The number of amides is 2. The van der Waals surface area contributed by atoms with Gasteiger partial charge in [0, 0.05) is 11.3 Å². The maximum absolute atomic E-state index is 12.1. The fourth-order valence-electron chi connectivity index (χ4n) is 2.06. The van der Waals surface area contributed by atoms with Crippen molar-refractivity contribution in [1.82, 2.24) is 0 Å². The van der Waals surface area contributed by atoms with Gasteiger partial charge < -0.3 is 15.7 Å². The van der Waals surface area contributed by atoms with Crippen molar-refractivity contribution in [1.29, 1.82) is 0 Å². The maximum atomic E-state index is 12.1. The number of carbonyl (C=O) groups excluding carboxylic acids is 2. The van der Waals surface area contributed by atoms with Crippen molar-refractivity contribution >= 4 is 39.8 Å². The Hall–Kier alpha value is -2.67. The second kappa shape index (κ2) is 5.02. The molecule has 7 heteroatoms. The molecule has 0 radical (unpaired) electrons. The Kier molecular flexibility index (Phi) is 3.19. The Morgan fingerprint density at radius 3 is 2.76 bits per heavy atom. The zero-order chi connectivity index (χ0) is 15.0. The summed E-state index contributed by atoms with van der Waals surface area (Å²) in [5.74, 6) is -1.47. The first-order valence-corrected chi connectivity index (χ1v) is 6.92. The maximum Gasteiger partial charge on any atom is 0.345 e. The van der Waals surface area contributed by atoms with Crippen molar-refractivity contribution < 1.29 is 19.5 Å². The highest BCUT2D eigenvalue weighted by Gasteiger charge is 2.19. The molecule has 6 nitrogen and oxygen atoms in total. The molecule has 0 atom stereocenters. The quantitative estimate of drug-likeness (QED) is 0.810. The largest absolute Gasteiger partial charge is 0.477 e. The first-order valence-electron chi connectivity index (χ1n) is 6.10. The van der Waals surface area contributed by atoms with Crippen LogP contribution < -0.4 is 10.6 Å². The minimum absolute atomic E-state index is 0.0908. The Morgan fingerprint density at radius 1 is 1.24 bits per heavy atom. The summed E-state index contributed by atoms with van der Waals surface area (Å²) in [6, 6.07) is 7.97. The van der Waals surface area contributed by atoms with Crippen molar-refractivity contribution in [3.63, 3.8) is 0 Å². The third kappa shape index (κ3) is 2.63. The minimum Gasteiger partial charge on any atom is -0.477 e. The van der Waals surface area contributed by atoms with Gasteiger partial charge >= 0.3 is 5.97 Å². The highest BCUT2D eigenvalue weighted by molar-refractivity contribution is 7.18. The number of benzene rings is 1. The zero-order valence-electron chi connectivity index (χ0n) is 10.7. The monoisotopic (exact) mass is 302 g/mol. The minimum atomic E-state index is -1.03. The molecule has 3 rings (SSSR count). The second-order valence-electron chi connectivity index (χ2n) is 4.52. The lowest BCUT2D eigenvalue weighted by Gasteiger charge is -2.05. The van der Waals surface area contributed by atoms with Crippen molar-refractivity contribution in [3.8, 4) is 0 Å². The van der Waals surface area contributed by atoms with Gasteiger partial charge in [-0.25, -0.2) is 4.79 Å². The van der Waals surface area contributed by atoms with Gasteiger partial charge in [-0.3, -0.25) is 9.59 Å². The van der Waals surface area contributed by atoms with E-state index in [0.29, 0.717) is 22.7 Å². The van der Waals surface area contributed by atoms with Crippen LogP contribution in [0.2, 0.25) is 0 Å². The molecule has 2 heterocycles. The number of carboxylic acids is 1. The van der Waals surface area contributed by atoms with Gasteiger partial charge in [0.05, 0.1) is 11.4 Å². The number of hydrogen-bond acceptors (Lipinski definition) is 4. The third-order valence-electron chi connectivity index (χ3n) is 3.05. The van der Waals surface area contributed by atoms with E-state index in [-0.39, 0.29) is 16.7 Å². The van der Waals surface area contributed by atoms with E-state index in [9.17, 15) is 14.4 Å². The highest BCUT2D eigenvalue weighted by atomic mass is 32.1. The van der Waals surface area contributed by atoms with E-state index in [1.54, 1.807) is 24.3 Å². The normalized spacial score (nSPS) is 12.7. The molecular formula is C14H10N2O4S. The molecule has 1 aliphatic rings. The smallest absolute Gasteiger partial charge is 0.345 e. The van der Waals surface area contributed by atoms with Gasteiger partial charge in [0.15, 0.2) is 0 Å². The summed E-state index contributed by atoms with van der Waals surface area (Å²) < 4.78 is 0. The first-order chi connectivity index (χ1) is 10.0. The molecule has 1 aromatic carbocycles. The SMILES string of the molecule is O=C1Cc2ccc(C(=O)Nc3ccc(C(=O)O)s3)cc2N1. The fourth-order valence-corrected chi connectivity index (χ4v) is 2.80. The van der Waals surface area contributed by atoms with Crippen molar-refractivity contribution in [2.75, 3.05) is 10.6 Å². The van der Waals surface area contributed by atoms with E-state index in [4.69, 9.17) is 5.11 Å². The van der Waals surface area contributed by atoms with E-state index >= 15 is 0 Å². The lowest BCUT2D eigenvalue weighted by Crippen LogP contribution is -2.11. The Labute approximate surface area is 123 Å². The third-order valence-corrected chi connectivity index (χ3v) is 4.04. The Balaban J connectivity index is 1.78. The number of anilines is 2. The molecule has 1 aliphatic heterocycles. The zero-order valence-corrected chi connectivity index (χ0v) is 11.5. The summed E-state index contributed by atoms with van der Waals surface area (Å²) in [4.78, 5) is 34.3. The van der Waals surface area contributed by atoms with Gasteiger partial charge in [-0.2, -0.15) is 0 Å². The van der Waals surface area contributed by atoms with E-state index in [1.165, 1.54) is 6.07 Å². The molecule has 0 spiro atoms. The molecule has 3 N–H and O–H groups in total. The predicted octanol–water partition coefficient (Wildman–Crippen LogP) is 2.19. The van der Waals surface area contributed by atoms with Gasteiger partial charge in [0.1, 0.15) is 4.88 Å². The van der Waals surface area contributed by atoms with E-state index in [0.717, 1.165) is 16.9 Å². The number of nitrogens with one attached hydrogen (secondary N) is 2. The molecule has 2 aromatic rings. The number of rotatable bonds is 3. The van der Waals surface area contributed by atoms with Crippen molar-refractivity contribution in [3.05, 3.63) is 46.3 Å². The number of carbonyl (C=O) groups is 3. The van der Waals surface area contributed by atoms with Gasteiger partial charge in [-0.1, -0.05) is 6.07 Å². The number of carboxylic acid groups (broad SMARTS) is 1. The van der Waals surface area contributed by atoms with E-state index in [2.05, 4.69) is 10.6 Å². The summed E-state index contributed by atoms with van der Waals surface area (Å²) in [7, 11) is 0. The number of aromatic carboxylic acids is 1. The number of fused-ring (bicyclic) bond motifs is 1. The highest BCUT2D eigenvalue weighted by Crippen LogP contribution is 2.26. The van der Waals surface area contributed by atoms with E-state index in [1.807, 2.05) is 0 Å². The molecule has 0 fully saturated rings. The van der Waals surface area contributed by atoms with Crippen LogP contribution in [-0.4, -0.2) is 22.9 Å². The van der Waals surface area contributed by atoms with Gasteiger partial charge in [0.25, 0.3) is 5.91 Å². The van der Waals surface area contributed by atoms with Crippen LogP contribution in [-0.2, 0) is 11.2 Å². The molecule has 1 aromatic heterocycles. The van der Waals surface area contributed by atoms with Crippen molar-refractivity contribution in [2.24, 2.45) is 0 Å². The first kappa shape index (κ1) is 13.3. The van der Waals surface area contributed by atoms with Crippen LogP contribution in [0.3, 0.4) is 0 Å². The molecule has 21 heavy (non-hydrogen) atoms. The Morgan fingerprint density at radius 2 is 2.05 bits per heavy atom. The van der Waals surface area contributed by atoms with Crippen LogP contribution in [0.5, 0.6) is 0 Å². The van der Waals surface area contributed by atoms with Crippen LogP contribution in [0.4, 0.5) is 10.7 Å². The lowest BCUT2D eigenvalue weighted by atomic mass is 10.1. The number of thiophene rings is 1. The summed E-state index contributed by atoms with van der Waals surface area (Å²) >= 11 is 0.989. The predicted molar refractivity (Wildman–Crippen MR) is 78.0 cm³/mol. The molecule has 2 amide bonds. The Bertz CT molecular complexity index is 766. The summed E-state index contributed by atoms with van der Waals surface area (Å²) in [6.07, 6.45) is 0.324. The molecule has 0 bridgehead atoms. The summed E-state index contributed by atoms with van der Waals surface area (Å²) in [5.41, 5.74) is 1.91. The van der Waals surface area contributed by atoms with Crippen LogP contribution in [0.1, 0.15) is 25.6 Å². The average molecular weight is 302 g/mol. The second-order valence-corrected chi connectivity index (χ2v) is 5.60. The molecule has 0 unspecified atom stereocenters.